The summed E-state index contributed by atoms with van der Waals surface area (Å²) in [6, 6.07) is 2.60. The fourth-order valence-electron chi connectivity index (χ4n) is 2.93. The standard InChI is InChI=1S/C15H16N4O4S/c20-12(10-3-4-10)16-6-8-17(9-7-16)15(22)19-13(21)11-2-1-5-18(23)14(11)24-19/h1-2,5,10H,3-4,6-9H2. The van der Waals surface area contributed by atoms with Crippen molar-refractivity contribution in [3.8, 4) is 0 Å². The van der Waals surface area contributed by atoms with Gasteiger partial charge < -0.3 is 15.0 Å². The third-order valence-electron chi connectivity index (χ3n) is 4.47. The van der Waals surface area contributed by atoms with Crippen LogP contribution < -0.4 is 10.3 Å². The molecule has 0 N–H and O–H groups in total. The Balaban J connectivity index is 1.52. The third-order valence-corrected chi connectivity index (χ3v) is 5.55. The van der Waals surface area contributed by atoms with Gasteiger partial charge in [0.2, 0.25) is 5.91 Å². The second-order valence-corrected chi connectivity index (χ2v) is 7.05. The molecule has 0 spiro atoms. The van der Waals surface area contributed by atoms with Crippen LogP contribution in [0.5, 0.6) is 0 Å². The molecule has 9 heteroatoms. The maximum absolute atomic E-state index is 12.6. The summed E-state index contributed by atoms with van der Waals surface area (Å²) in [5.74, 6) is 0.346. The molecule has 1 saturated carbocycles. The van der Waals surface area contributed by atoms with Gasteiger partial charge in [-0.15, -0.1) is 0 Å². The van der Waals surface area contributed by atoms with Crippen molar-refractivity contribution in [3.63, 3.8) is 0 Å². The summed E-state index contributed by atoms with van der Waals surface area (Å²) < 4.78 is 1.62. The smallest absolute Gasteiger partial charge is 0.341 e. The molecular weight excluding hydrogens is 332 g/mol. The minimum absolute atomic E-state index is 0.171. The van der Waals surface area contributed by atoms with Crippen molar-refractivity contribution in [2.24, 2.45) is 5.92 Å². The number of nitrogens with zero attached hydrogens (tertiary/aromatic N) is 4. The average molecular weight is 348 g/mol. The molecule has 0 bridgehead atoms. The number of hydrogen-bond donors (Lipinski definition) is 0. The Labute approximate surface area is 141 Å². The Kier molecular flexibility index (Phi) is 3.52. The second kappa shape index (κ2) is 5.59. The highest BCUT2D eigenvalue weighted by Crippen LogP contribution is 2.31. The van der Waals surface area contributed by atoms with E-state index in [0.717, 1.165) is 28.3 Å². The number of aromatic nitrogens is 2. The van der Waals surface area contributed by atoms with Crippen LogP contribution in [0, 0.1) is 11.1 Å². The zero-order valence-electron chi connectivity index (χ0n) is 12.9. The van der Waals surface area contributed by atoms with Gasteiger partial charge in [0.05, 0.1) is 0 Å². The van der Waals surface area contributed by atoms with Gasteiger partial charge in [0, 0.05) is 49.7 Å². The highest BCUT2D eigenvalue weighted by molar-refractivity contribution is 7.13. The van der Waals surface area contributed by atoms with Gasteiger partial charge in [-0.3, -0.25) is 9.59 Å². The van der Waals surface area contributed by atoms with Gasteiger partial charge >= 0.3 is 10.9 Å². The molecule has 0 radical (unpaired) electrons. The topological polar surface area (TPSA) is 89.6 Å². The molecule has 2 fully saturated rings. The zero-order valence-corrected chi connectivity index (χ0v) is 13.7. The van der Waals surface area contributed by atoms with E-state index >= 15 is 0 Å². The minimum atomic E-state index is -0.471. The van der Waals surface area contributed by atoms with Gasteiger partial charge in [0.1, 0.15) is 5.39 Å². The molecule has 1 saturated heterocycles. The van der Waals surface area contributed by atoms with E-state index in [2.05, 4.69) is 0 Å². The number of rotatable bonds is 1. The normalized spacial score (nSPS) is 18.2. The van der Waals surface area contributed by atoms with Crippen LogP contribution in [0.3, 0.4) is 0 Å². The van der Waals surface area contributed by atoms with Gasteiger partial charge in [-0.05, 0) is 18.9 Å². The molecular formula is C15H16N4O4S. The summed E-state index contributed by atoms with van der Waals surface area (Å²) in [7, 11) is 0. The van der Waals surface area contributed by atoms with Crippen LogP contribution in [0.4, 0.5) is 4.79 Å². The number of pyridine rings is 1. The summed E-state index contributed by atoms with van der Waals surface area (Å²) in [6.07, 6.45) is 3.23. The maximum Gasteiger partial charge on any atom is 0.341 e. The molecule has 0 atom stereocenters. The number of carbonyl (C=O) groups excluding carboxylic acids is 2. The molecule has 2 aliphatic rings. The van der Waals surface area contributed by atoms with Crippen molar-refractivity contribution in [2.45, 2.75) is 12.8 Å². The van der Waals surface area contributed by atoms with E-state index in [1.54, 1.807) is 15.9 Å². The van der Waals surface area contributed by atoms with Gasteiger partial charge in [-0.1, -0.05) is 0 Å². The van der Waals surface area contributed by atoms with E-state index in [4.69, 9.17) is 0 Å². The lowest BCUT2D eigenvalue weighted by molar-refractivity contribution is -0.574. The van der Waals surface area contributed by atoms with Crippen molar-refractivity contribution in [1.82, 2.24) is 13.8 Å². The molecule has 0 unspecified atom stereocenters. The molecule has 0 aromatic carbocycles. The maximum atomic E-state index is 12.6. The van der Waals surface area contributed by atoms with Crippen LogP contribution >= 0.6 is 11.5 Å². The highest BCUT2D eigenvalue weighted by Gasteiger charge is 2.35. The Hall–Kier alpha value is -2.42. The van der Waals surface area contributed by atoms with Crippen molar-refractivity contribution >= 4 is 33.7 Å². The highest BCUT2D eigenvalue weighted by atomic mass is 32.1. The number of piperazine rings is 1. The summed E-state index contributed by atoms with van der Waals surface area (Å²) in [5, 5.41) is 12.0. The summed E-state index contributed by atoms with van der Waals surface area (Å²) in [4.78, 5) is 40.6. The van der Waals surface area contributed by atoms with E-state index in [1.165, 1.54) is 12.3 Å². The van der Waals surface area contributed by atoms with E-state index in [0.29, 0.717) is 30.9 Å². The summed E-state index contributed by atoms with van der Waals surface area (Å²) in [6.45, 7) is 1.77. The lowest BCUT2D eigenvalue weighted by Crippen LogP contribution is -2.52. The van der Waals surface area contributed by atoms with Crippen LogP contribution in [-0.2, 0) is 4.79 Å². The van der Waals surface area contributed by atoms with Crippen LogP contribution in [0.25, 0.3) is 10.2 Å². The first-order chi connectivity index (χ1) is 11.6. The van der Waals surface area contributed by atoms with E-state index in [-0.39, 0.29) is 22.0 Å². The molecule has 4 rings (SSSR count). The average Bonchev–Trinajstić information content (AvgIpc) is 3.39. The van der Waals surface area contributed by atoms with Gasteiger partial charge in [0.15, 0.2) is 6.20 Å². The lowest BCUT2D eigenvalue weighted by atomic mass is 10.3. The Bertz CT molecular complexity index is 877. The van der Waals surface area contributed by atoms with Crippen molar-refractivity contribution in [1.29, 1.82) is 0 Å². The number of hydrogen-bond acceptors (Lipinski definition) is 5. The first kappa shape index (κ1) is 15.1. The fraction of sp³-hybridized carbons (Fsp3) is 0.467. The molecule has 1 aliphatic carbocycles. The first-order valence-electron chi connectivity index (χ1n) is 7.88. The van der Waals surface area contributed by atoms with Gasteiger partial charge in [0.25, 0.3) is 5.56 Å². The SMILES string of the molecule is O=C(C1CC1)N1CCN(C(=O)n2sc3c(ccc[n+]3[O-])c2=O)CC1. The van der Waals surface area contributed by atoms with Crippen molar-refractivity contribution in [2.75, 3.05) is 26.2 Å². The van der Waals surface area contributed by atoms with Crippen LogP contribution in [0.15, 0.2) is 23.1 Å². The molecule has 2 aromatic rings. The molecule has 2 aromatic heterocycles. The van der Waals surface area contributed by atoms with Crippen molar-refractivity contribution < 1.29 is 14.3 Å². The van der Waals surface area contributed by atoms with Gasteiger partial charge in [-0.25, -0.2) is 4.79 Å². The predicted molar refractivity (Wildman–Crippen MR) is 86.7 cm³/mol. The molecule has 24 heavy (non-hydrogen) atoms. The minimum Gasteiger partial charge on any atom is -0.618 e. The Morgan fingerprint density at radius 2 is 1.83 bits per heavy atom. The molecule has 8 nitrogen and oxygen atoms in total. The largest absolute Gasteiger partial charge is 0.618 e. The summed E-state index contributed by atoms with van der Waals surface area (Å²) in [5.41, 5.74) is -0.471. The number of carbonyl (C=O) groups is 2. The quantitative estimate of drug-likeness (QED) is 0.545. The second-order valence-electron chi connectivity index (χ2n) is 6.11. The van der Waals surface area contributed by atoms with Crippen molar-refractivity contribution in [3.05, 3.63) is 33.9 Å². The zero-order chi connectivity index (χ0) is 16.8. The van der Waals surface area contributed by atoms with E-state index in [1.807, 2.05) is 0 Å². The summed E-state index contributed by atoms with van der Waals surface area (Å²) >= 11 is 0.857. The fourth-order valence-corrected chi connectivity index (χ4v) is 3.87. The molecule has 126 valence electrons. The van der Waals surface area contributed by atoms with Crippen LogP contribution in [0.2, 0.25) is 0 Å². The van der Waals surface area contributed by atoms with E-state index < -0.39 is 11.6 Å². The number of fused-ring (bicyclic) bond motifs is 1. The van der Waals surface area contributed by atoms with E-state index in [9.17, 15) is 19.6 Å². The first-order valence-corrected chi connectivity index (χ1v) is 8.66. The predicted octanol–water partition coefficient (Wildman–Crippen LogP) is 0.219. The molecule has 2 amide bonds. The number of amides is 2. The Morgan fingerprint density at radius 1 is 1.17 bits per heavy atom. The molecule has 1 aliphatic heterocycles. The monoisotopic (exact) mass is 348 g/mol. The molecule has 3 heterocycles. The Morgan fingerprint density at radius 3 is 2.46 bits per heavy atom. The third kappa shape index (κ3) is 2.44. The van der Waals surface area contributed by atoms with Crippen LogP contribution in [-0.4, -0.2) is 51.9 Å². The van der Waals surface area contributed by atoms with Crippen LogP contribution in [0.1, 0.15) is 12.8 Å². The van der Waals surface area contributed by atoms with Gasteiger partial charge in [-0.2, -0.15) is 8.69 Å². The lowest BCUT2D eigenvalue weighted by Gasteiger charge is -2.34.